The molecular formula is C17H24. The quantitative estimate of drug-likeness (QED) is 0.477. The summed E-state index contributed by atoms with van der Waals surface area (Å²) in [4.78, 5) is 0. The number of hydrogen-bond acceptors (Lipinski definition) is 0. The maximum atomic E-state index is 3.25. The molecule has 0 saturated heterocycles. The van der Waals surface area contributed by atoms with E-state index in [-0.39, 0.29) is 0 Å². The smallest absolute Gasteiger partial charge is 0.0245 e. The molecule has 0 atom stereocenters. The number of benzene rings is 1. The Hall–Kier alpha value is -1.22. The lowest BCUT2D eigenvalue weighted by atomic mass is 10.1. The summed E-state index contributed by atoms with van der Waals surface area (Å²) in [6.07, 6.45) is 8.57. The summed E-state index contributed by atoms with van der Waals surface area (Å²) < 4.78 is 0. The first-order valence-corrected chi connectivity index (χ1v) is 6.94. The molecule has 1 rings (SSSR count). The standard InChI is InChI=1S/C17H24/c1-3-5-7-8-9-11-17-14-12-16(13-15-17)10-6-4-2/h12-15H,3-8,10H2,1-2H3. The van der Waals surface area contributed by atoms with Crippen LogP contribution < -0.4 is 0 Å². The van der Waals surface area contributed by atoms with E-state index < -0.39 is 0 Å². The van der Waals surface area contributed by atoms with Crippen molar-refractivity contribution in [2.45, 2.75) is 58.8 Å². The highest BCUT2D eigenvalue weighted by Gasteiger charge is 1.92. The lowest BCUT2D eigenvalue weighted by Gasteiger charge is -1.99. The Bertz CT molecular complexity index is 348. The molecular weight excluding hydrogens is 204 g/mol. The highest BCUT2D eigenvalue weighted by Crippen LogP contribution is 2.07. The van der Waals surface area contributed by atoms with Gasteiger partial charge in [0, 0.05) is 12.0 Å². The van der Waals surface area contributed by atoms with Gasteiger partial charge in [0.2, 0.25) is 0 Å². The SMILES string of the molecule is CCCCCC#Cc1ccc(CCCC)cc1. The van der Waals surface area contributed by atoms with Crippen molar-refractivity contribution in [1.82, 2.24) is 0 Å². The van der Waals surface area contributed by atoms with Crippen LogP contribution in [-0.2, 0) is 6.42 Å². The number of hydrogen-bond donors (Lipinski definition) is 0. The second-order valence-electron chi connectivity index (χ2n) is 4.56. The molecule has 0 bridgehead atoms. The first-order chi connectivity index (χ1) is 8.36. The molecule has 0 spiro atoms. The summed E-state index contributed by atoms with van der Waals surface area (Å²) >= 11 is 0. The van der Waals surface area contributed by atoms with E-state index in [2.05, 4.69) is 50.0 Å². The minimum Gasteiger partial charge on any atom is -0.0979 e. The van der Waals surface area contributed by atoms with Crippen LogP contribution in [0.5, 0.6) is 0 Å². The molecule has 0 fully saturated rings. The molecule has 0 amide bonds. The molecule has 0 unspecified atom stereocenters. The maximum absolute atomic E-state index is 3.25. The molecule has 0 saturated carbocycles. The maximum Gasteiger partial charge on any atom is 0.0245 e. The summed E-state index contributed by atoms with van der Waals surface area (Å²) in [6.45, 7) is 4.46. The van der Waals surface area contributed by atoms with Crippen molar-refractivity contribution in [2.75, 3.05) is 0 Å². The molecule has 0 heteroatoms. The van der Waals surface area contributed by atoms with Crippen molar-refractivity contribution in [1.29, 1.82) is 0 Å². The van der Waals surface area contributed by atoms with Crippen LogP contribution in [0.2, 0.25) is 0 Å². The van der Waals surface area contributed by atoms with Gasteiger partial charge >= 0.3 is 0 Å². The van der Waals surface area contributed by atoms with Crippen molar-refractivity contribution in [3.63, 3.8) is 0 Å². The Morgan fingerprint density at radius 3 is 2.24 bits per heavy atom. The lowest BCUT2D eigenvalue weighted by Crippen LogP contribution is -1.84. The van der Waals surface area contributed by atoms with Crippen LogP contribution >= 0.6 is 0 Å². The molecule has 0 radical (unpaired) electrons. The molecule has 17 heavy (non-hydrogen) atoms. The highest BCUT2D eigenvalue weighted by atomic mass is 14.0. The topological polar surface area (TPSA) is 0 Å². The molecule has 0 N–H and O–H groups in total. The zero-order chi connectivity index (χ0) is 12.3. The fourth-order valence-corrected chi connectivity index (χ4v) is 1.76. The van der Waals surface area contributed by atoms with Crippen molar-refractivity contribution >= 4 is 0 Å². The normalized spacial score (nSPS) is 9.76. The predicted octanol–water partition coefficient (Wildman–Crippen LogP) is 4.96. The summed E-state index contributed by atoms with van der Waals surface area (Å²) in [5.41, 5.74) is 2.59. The van der Waals surface area contributed by atoms with Crippen LogP contribution in [0.15, 0.2) is 24.3 Å². The van der Waals surface area contributed by atoms with Crippen molar-refractivity contribution in [2.24, 2.45) is 0 Å². The van der Waals surface area contributed by atoms with Crippen LogP contribution in [0.1, 0.15) is 63.5 Å². The van der Waals surface area contributed by atoms with Crippen molar-refractivity contribution in [3.05, 3.63) is 35.4 Å². The Balaban J connectivity index is 2.39. The van der Waals surface area contributed by atoms with Gasteiger partial charge in [0.15, 0.2) is 0 Å². The number of rotatable bonds is 6. The summed E-state index contributed by atoms with van der Waals surface area (Å²) in [5, 5.41) is 0. The van der Waals surface area contributed by atoms with Gasteiger partial charge in [0.1, 0.15) is 0 Å². The first-order valence-electron chi connectivity index (χ1n) is 6.94. The zero-order valence-corrected chi connectivity index (χ0v) is 11.3. The Morgan fingerprint density at radius 2 is 1.59 bits per heavy atom. The predicted molar refractivity (Wildman–Crippen MR) is 76.1 cm³/mol. The third-order valence-corrected chi connectivity index (χ3v) is 2.91. The van der Waals surface area contributed by atoms with Gasteiger partial charge in [-0.2, -0.15) is 0 Å². The molecule has 92 valence electrons. The van der Waals surface area contributed by atoms with Gasteiger partial charge in [0.25, 0.3) is 0 Å². The van der Waals surface area contributed by atoms with Gasteiger partial charge in [-0.25, -0.2) is 0 Å². The van der Waals surface area contributed by atoms with Crippen LogP contribution in [-0.4, -0.2) is 0 Å². The second-order valence-corrected chi connectivity index (χ2v) is 4.56. The van der Waals surface area contributed by atoms with Crippen LogP contribution in [0, 0.1) is 11.8 Å². The summed E-state index contributed by atoms with van der Waals surface area (Å²) in [6, 6.07) is 8.73. The molecule has 0 aliphatic rings. The van der Waals surface area contributed by atoms with Gasteiger partial charge in [-0.15, -0.1) is 0 Å². The van der Waals surface area contributed by atoms with E-state index in [1.807, 2.05) is 0 Å². The third kappa shape index (κ3) is 6.17. The van der Waals surface area contributed by atoms with E-state index in [0.29, 0.717) is 0 Å². The van der Waals surface area contributed by atoms with E-state index in [0.717, 1.165) is 12.0 Å². The Labute approximate surface area is 106 Å². The van der Waals surface area contributed by atoms with E-state index >= 15 is 0 Å². The first kappa shape index (κ1) is 13.8. The monoisotopic (exact) mass is 228 g/mol. The molecule has 0 aliphatic carbocycles. The van der Waals surface area contributed by atoms with Crippen LogP contribution in [0.4, 0.5) is 0 Å². The zero-order valence-electron chi connectivity index (χ0n) is 11.3. The van der Waals surface area contributed by atoms with Gasteiger partial charge in [-0.3, -0.25) is 0 Å². The van der Waals surface area contributed by atoms with E-state index in [1.165, 1.54) is 44.1 Å². The van der Waals surface area contributed by atoms with Gasteiger partial charge in [0.05, 0.1) is 0 Å². The van der Waals surface area contributed by atoms with Gasteiger partial charge in [-0.05, 0) is 37.0 Å². The average molecular weight is 228 g/mol. The average Bonchev–Trinajstić information content (AvgIpc) is 2.37. The van der Waals surface area contributed by atoms with E-state index in [9.17, 15) is 0 Å². The molecule has 0 nitrogen and oxygen atoms in total. The fourth-order valence-electron chi connectivity index (χ4n) is 1.76. The largest absolute Gasteiger partial charge is 0.0979 e. The van der Waals surface area contributed by atoms with Crippen molar-refractivity contribution < 1.29 is 0 Å². The second kappa shape index (κ2) is 8.88. The third-order valence-electron chi connectivity index (χ3n) is 2.91. The van der Waals surface area contributed by atoms with E-state index in [4.69, 9.17) is 0 Å². The molecule has 0 aliphatic heterocycles. The summed E-state index contributed by atoms with van der Waals surface area (Å²) in [7, 11) is 0. The Kier molecular flexibility index (Phi) is 7.23. The number of unbranched alkanes of at least 4 members (excludes halogenated alkanes) is 4. The van der Waals surface area contributed by atoms with Crippen molar-refractivity contribution in [3.8, 4) is 11.8 Å². The minimum absolute atomic E-state index is 1.03. The molecule has 0 heterocycles. The van der Waals surface area contributed by atoms with E-state index in [1.54, 1.807) is 0 Å². The molecule has 1 aromatic rings. The lowest BCUT2D eigenvalue weighted by molar-refractivity contribution is 0.737. The molecule has 0 aromatic heterocycles. The summed E-state index contributed by atoms with van der Waals surface area (Å²) in [5.74, 6) is 6.49. The van der Waals surface area contributed by atoms with Gasteiger partial charge < -0.3 is 0 Å². The highest BCUT2D eigenvalue weighted by molar-refractivity contribution is 5.36. The molecule has 1 aromatic carbocycles. The number of aryl methyl sites for hydroxylation is 1. The minimum atomic E-state index is 1.03. The Morgan fingerprint density at radius 1 is 0.882 bits per heavy atom. The fraction of sp³-hybridized carbons (Fsp3) is 0.529. The van der Waals surface area contributed by atoms with Gasteiger partial charge in [-0.1, -0.05) is 57.1 Å². The van der Waals surface area contributed by atoms with Crippen LogP contribution in [0.3, 0.4) is 0 Å². The van der Waals surface area contributed by atoms with Crippen LogP contribution in [0.25, 0.3) is 0 Å².